The molecule has 1 atom stereocenters. The zero-order chi connectivity index (χ0) is 11.1. The van der Waals surface area contributed by atoms with E-state index in [0.29, 0.717) is 5.69 Å². The quantitative estimate of drug-likeness (QED) is 0.564. The third-order valence-electron chi connectivity index (χ3n) is 2.70. The van der Waals surface area contributed by atoms with Crippen LogP contribution in [0, 0.1) is 0 Å². The predicted octanol–water partition coefficient (Wildman–Crippen LogP) is 2.08. The van der Waals surface area contributed by atoms with Crippen molar-refractivity contribution in [1.82, 2.24) is 0 Å². The number of ether oxygens (including phenoxy) is 1. The van der Waals surface area contributed by atoms with Gasteiger partial charge in [-0.3, -0.25) is 4.79 Å². The fourth-order valence-corrected chi connectivity index (χ4v) is 1.94. The number of carbonyl (C=O) groups is 1. The van der Waals surface area contributed by atoms with Crippen molar-refractivity contribution >= 4 is 11.7 Å². The highest BCUT2D eigenvalue weighted by Gasteiger charge is 2.40. The largest absolute Gasteiger partial charge is 0.459 e. The Morgan fingerprint density at radius 1 is 1.33 bits per heavy atom. The topological polar surface area (TPSA) is 52.3 Å². The van der Waals surface area contributed by atoms with Crippen LogP contribution in [0.2, 0.25) is 0 Å². The molecule has 15 heavy (non-hydrogen) atoms. The van der Waals surface area contributed by atoms with Gasteiger partial charge in [0.05, 0.1) is 5.92 Å². The molecule has 1 saturated heterocycles. The molecule has 0 bridgehead atoms. The molecular formula is C12H15NO2. The Labute approximate surface area is 89.2 Å². The lowest BCUT2D eigenvalue weighted by molar-refractivity contribution is -0.146. The maximum Gasteiger partial charge on any atom is 0.314 e. The molecule has 1 aromatic rings. The van der Waals surface area contributed by atoms with E-state index in [1.807, 2.05) is 38.1 Å². The highest BCUT2D eigenvalue weighted by molar-refractivity contribution is 5.81. The van der Waals surface area contributed by atoms with Gasteiger partial charge in [0.2, 0.25) is 0 Å². The van der Waals surface area contributed by atoms with Crippen LogP contribution in [0.3, 0.4) is 0 Å². The van der Waals surface area contributed by atoms with E-state index in [2.05, 4.69) is 0 Å². The summed E-state index contributed by atoms with van der Waals surface area (Å²) >= 11 is 0. The minimum Gasteiger partial charge on any atom is -0.459 e. The molecule has 0 amide bonds. The van der Waals surface area contributed by atoms with Crippen molar-refractivity contribution in [2.45, 2.75) is 31.8 Å². The minimum absolute atomic E-state index is 0.134. The van der Waals surface area contributed by atoms with Gasteiger partial charge in [-0.25, -0.2) is 0 Å². The summed E-state index contributed by atoms with van der Waals surface area (Å²) in [6.07, 6.45) is 0.732. The van der Waals surface area contributed by atoms with Crippen molar-refractivity contribution in [2.75, 3.05) is 5.73 Å². The van der Waals surface area contributed by atoms with Gasteiger partial charge in [0, 0.05) is 12.1 Å². The third-order valence-corrected chi connectivity index (χ3v) is 2.70. The predicted molar refractivity (Wildman–Crippen MR) is 58.4 cm³/mol. The summed E-state index contributed by atoms with van der Waals surface area (Å²) in [5.74, 6) is -0.273. The Morgan fingerprint density at radius 2 is 1.93 bits per heavy atom. The lowest BCUT2D eigenvalue weighted by Crippen LogP contribution is -2.17. The number of hydrogen-bond acceptors (Lipinski definition) is 3. The van der Waals surface area contributed by atoms with E-state index < -0.39 is 0 Å². The van der Waals surface area contributed by atoms with Crippen molar-refractivity contribution < 1.29 is 9.53 Å². The first-order chi connectivity index (χ1) is 6.98. The second-order valence-electron chi connectivity index (χ2n) is 4.60. The fraction of sp³-hybridized carbons (Fsp3) is 0.417. The molecule has 80 valence electrons. The van der Waals surface area contributed by atoms with Gasteiger partial charge in [0.15, 0.2) is 0 Å². The molecule has 1 aliphatic rings. The average molecular weight is 205 g/mol. The Kier molecular flexibility index (Phi) is 2.18. The van der Waals surface area contributed by atoms with E-state index >= 15 is 0 Å². The maximum atomic E-state index is 11.6. The molecule has 0 saturated carbocycles. The monoisotopic (exact) mass is 205 g/mol. The molecule has 1 fully saturated rings. The number of carbonyl (C=O) groups excluding carboxylic acids is 1. The van der Waals surface area contributed by atoms with Gasteiger partial charge in [-0.05, 0) is 31.5 Å². The summed E-state index contributed by atoms with van der Waals surface area (Å²) in [5, 5.41) is 0. The van der Waals surface area contributed by atoms with Gasteiger partial charge in [-0.1, -0.05) is 12.1 Å². The van der Waals surface area contributed by atoms with Crippen molar-refractivity contribution in [3.05, 3.63) is 29.8 Å². The van der Waals surface area contributed by atoms with Gasteiger partial charge in [-0.2, -0.15) is 0 Å². The Bertz CT molecular complexity index is 381. The molecule has 1 aliphatic heterocycles. The van der Waals surface area contributed by atoms with E-state index in [9.17, 15) is 4.79 Å². The van der Waals surface area contributed by atoms with Crippen LogP contribution in [0.1, 0.15) is 31.7 Å². The summed E-state index contributed by atoms with van der Waals surface area (Å²) in [6, 6.07) is 7.41. The average Bonchev–Trinajstić information content (AvgIpc) is 2.41. The summed E-state index contributed by atoms with van der Waals surface area (Å²) in [6.45, 7) is 3.87. The van der Waals surface area contributed by atoms with Crippen LogP contribution < -0.4 is 5.73 Å². The molecule has 1 aromatic carbocycles. The van der Waals surface area contributed by atoms with E-state index in [4.69, 9.17) is 10.5 Å². The van der Waals surface area contributed by atoms with Crippen molar-refractivity contribution in [3.63, 3.8) is 0 Å². The Hall–Kier alpha value is -1.51. The number of benzene rings is 1. The Morgan fingerprint density at radius 3 is 2.40 bits per heavy atom. The first kappa shape index (κ1) is 10.0. The maximum absolute atomic E-state index is 11.6. The molecule has 0 spiro atoms. The number of rotatable bonds is 1. The normalized spacial score (nSPS) is 23.9. The SMILES string of the molecule is CC1(C)CC(c2ccc(N)cc2)C(=O)O1. The number of nitrogens with two attached hydrogens (primary N) is 1. The van der Waals surface area contributed by atoms with Crippen LogP contribution in [0.4, 0.5) is 5.69 Å². The standard InChI is InChI=1S/C12H15NO2/c1-12(2)7-10(11(14)15-12)8-3-5-9(13)6-4-8/h3-6,10H,7,13H2,1-2H3. The number of cyclic esters (lactones) is 1. The van der Waals surface area contributed by atoms with Crippen molar-refractivity contribution in [2.24, 2.45) is 0 Å². The van der Waals surface area contributed by atoms with Crippen LogP contribution >= 0.6 is 0 Å². The molecule has 0 radical (unpaired) electrons. The molecule has 0 aliphatic carbocycles. The summed E-state index contributed by atoms with van der Waals surface area (Å²) < 4.78 is 5.28. The molecule has 0 aromatic heterocycles. The van der Waals surface area contributed by atoms with E-state index in [-0.39, 0.29) is 17.5 Å². The summed E-state index contributed by atoms with van der Waals surface area (Å²) in [4.78, 5) is 11.6. The highest BCUT2D eigenvalue weighted by Crippen LogP contribution is 2.37. The highest BCUT2D eigenvalue weighted by atomic mass is 16.6. The van der Waals surface area contributed by atoms with Gasteiger partial charge in [-0.15, -0.1) is 0 Å². The van der Waals surface area contributed by atoms with E-state index in [1.165, 1.54) is 0 Å². The molecule has 2 rings (SSSR count). The third kappa shape index (κ3) is 1.96. The second kappa shape index (κ2) is 3.26. The van der Waals surface area contributed by atoms with Crippen LogP contribution in [0.15, 0.2) is 24.3 Å². The number of nitrogen functional groups attached to an aromatic ring is 1. The van der Waals surface area contributed by atoms with Crippen LogP contribution in [0.25, 0.3) is 0 Å². The van der Waals surface area contributed by atoms with Gasteiger partial charge in [0.25, 0.3) is 0 Å². The number of esters is 1. The summed E-state index contributed by atoms with van der Waals surface area (Å²) in [7, 11) is 0. The molecule has 1 heterocycles. The lowest BCUT2D eigenvalue weighted by atomic mass is 9.91. The van der Waals surface area contributed by atoms with Crippen molar-refractivity contribution in [3.8, 4) is 0 Å². The van der Waals surface area contributed by atoms with Gasteiger partial charge < -0.3 is 10.5 Å². The number of anilines is 1. The minimum atomic E-state index is -0.344. The van der Waals surface area contributed by atoms with Crippen molar-refractivity contribution in [1.29, 1.82) is 0 Å². The van der Waals surface area contributed by atoms with E-state index in [0.717, 1.165) is 12.0 Å². The second-order valence-corrected chi connectivity index (χ2v) is 4.60. The molecule has 3 heteroatoms. The van der Waals surface area contributed by atoms with Gasteiger partial charge >= 0.3 is 5.97 Å². The molecule has 1 unspecified atom stereocenters. The fourth-order valence-electron chi connectivity index (χ4n) is 1.94. The van der Waals surface area contributed by atoms with E-state index in [1.54, 1.807) is 0 Å². The van der Waals surface area contributed by atoms with Crippen LogP contribution in [0.5, 0.6) is 0 Å². The molecule has 3 nitrogen and oxygen atoms in total. The molecular weight excluding hydrogens is 190 g/mol. The zero-order valence-corrected chi connectivity index (χ0v) is 8.99. The lowest BCUT2D eigenvalue weighted by Gasteiger charge is -2.14. The zero-order valence-electron chi connectivity index (χ0n) is 8.99. The van der Waals surface area contributed by atoms with Gasteiger partial charge in [0.1, 0.15) is 5.60 Å². The first-order valence-electron chi connectivity index (χ1n) is 5.06. The van der Waals surface area contributed by atoms with Crippen LogP contribution in [-0.2, 0) is 9.53 Å². The first-order valence-corrected chi connectivity index (χ1v) is 5.06. The Balaban J connectivity index is 2.25. The molecule has 2 N–H and O–H groups in total. The number of hydrogen-bond donors (Lipinski definition) is 1. The van der Waals surface area contributed by atoms with Crippen LogP contribution in [-0.4, -0.2) is 11.6 Å². The summed E-state index contributed by atoms with van der Waals surface area (Å²) in [5.41, 5.74) is 6.95. The smallest absolute Gasteiger partial charge is 0.314 e.